The van der Waals surface area contributed by atoms with Gasteiger partial charge in [-0.25, -0.2) is 0 Å². The summed E-state index contributed by atoms with van der Waals surface area (Å²) in [7, 11) is 1.37. The predicted octanol–water partition coefficient (Wildman–Crippen LogP) is 3.69. The molecule has 0 unspecified atom stereocenters. The van der Waals surface area contributed by atoms with Crippen molar-refractivity contribution in [2.75, 3.05) is 19.0 Å². The lowest BCUT2D eigenvalue weighted by Crippen LogP contribution is -2.20. The van der Waals surface area contributed by atoms with E-state index < -0.39 is 10.8 Å². The Bertz CT molecular complexity index is 779. The number of nitro groups is 1. The number of benzene rings is 2. The molecule has 0 bridgehead atoms. The molecule has 0 aliphatic heterocycles. The van der Waals surface area contributed by atoms with E-state index in [0.29, 0.717) is 11.4 Å². The molecule has 1 amide bonds. The number of carbonyl (C=O) groups excluding carboxylic acids is 1. The Balaban J connectivity index is 2.03. The van der Waals surface area contributed by atoms with Gasteiger partial charge < -0.3 is 14.8 Å². The minimum Gasteiger partial charge on any atom is -0.494 e. The third-order valence-corrected chi connectivity index (χ3v) is 3.66. The summed E-state index contributed by atoms with van der Waals surface area (Å²) in [5, 5.41) is 13.4. The van der Waals surface area contributed by atoms with Crippen LogP contribution in [-0.2, 0) is 4.79 Å². The monoisotopic (exact) mass is 394 g/mol. The second-order valence-electron chi connectivity index (χ2n) is 4.89. The maximum atomic E-state index is 12.0. The van der Waals surface area contributed by atoms with Crippen LogP contribution in [0.15, 0.2) is 40.9 Å². The van der Waals surface area contributed by atoms with Crippen LogP contribution in [-0.4, -0.2) is 24.5 Å². The van der Waals surface area contributed by atoms with Gasteiger partial charge >= 0.3 is 0 Å². The SMILES string of the molecule is COc1cc([N+](=O)[O-])ccc1NC(=O)COc1ccc(Br)cc1C. The van der Waals surface area contributed by atoms with Crippen molar-refractivity contribution in [2.24, 2.45) is 0 Å². The van der Waals surface area contributed by atoms with Gasteiger partial charge in [0.05, 0.1) is 23.8 Å². The molecule has 0 spiro atoms. The van der Waals surface area contributed by atoms with E-state index in [1.807, 2.05) is 19.1 Å². The van der Waals surface area contributed by atoms with Gasteiger partial charge in [-0.1, -0.05) is 15.9 Å². The van der Waals surface area contributed by atoms with E-state index in [0.717, 1.165) is 10.0 Å². The molecular formula is C16H15BrN2O5. The lowest BCUT2D eigenvalue weighted by Gasteiger charge is -2.12. The first-order valence-electron chi connectivity index (χ1n) is 6.92. The van der Waals surface area contributed by atoms with Crippen molar-refractivity contribution < 1.29 is 19.2 Å². The number of aryl methyl sites for hydroxylation is 1. The molecule has 0 saturated heterocycles. The fourth-order valence-corrected chi connectivity index (χ4v) is 2.48. The van der Waals surface area contributed by atoms with Crippen molar-refractivity contribution in [1.29, 1.82) is 0 Å². The summed E-state index contributed by atoms with van der Waals surface area (Å²) in [5.41, 5.74) is 1.11. The molecule has 0 heterocycles. The van der Waals surface area contributed by atoms with Crippen LogP contribution in [0.1, 0.15) is 5.56 Å². The number of halogens is 1. The average Bonchev–Trinajstić information content (AvgIpc) is 2.54. The Hall–Kier alpha value is -2.61. The Morgan fingerprint density at radius 3 is 2.62 bits per heavy atom. The number of hydrogen-bond acceptors (Lipinski definition) is 5. The maximum Gasteiger partial charge on any atom is 0.273 e. The second-order valence-corrected chi connectivity index (χ2v) is 5.80. The number of non-ortho nitro benzene ring substituents is 1. The molecule has 24 heavy (non-hydrogen) atoms. The van der Waals surface area contributed by atoms with Crippen LogP contribution in [0, 0.1) is 17.0 Å². The minimum atomic E-state index is -0.534. The third-order valence-electron chi connectivity index (χ3n) is 3.17. The van der Waals surface area contributed by atoms with E-state index in [2.05, 4.69) is 21.2 Å². The zero-order valence-corrected chi connectivity index (χ0v) is 14.6. The number of anilines is 1. The number of amides is 1. The molecular weight excluding hydrogens is 380 g/mol. The molecule has 8 heteroatoms. The highest BCUT2D eigenvalue weighted by Crippen LogP contribution is 2.29. The van der Waals surface area contributed by atoms with Gasteiger partial charge in [-0.15, -0.1) is 0 Å². The number of methoxy groups -OCH3 is 1. The molecule has 1 N–H and O–H groups in total. The van der Waals surface area contributed by atoms with Crippen molar-refractivity contribution >= 4 is 33.2 Å². The van der Waals surface area contributed by atoms with Gasteiger partial charge in [0.25, 0.3) is 11.6 Å². The zero-order valence-electron chi connectivity index (χ0n) is 13.0. The van der Waals surface area contributed by atoms with Gasteiger partial charge in [0, 0.05) is 10.5 Å². The molecule has 2 aromatic carbocycles. The largest absolute Gasteiger partial charge is 0.494 e. The number of nitro benzene ring substituents is 1. The van der Waals surface area contributed by atoms with E-state index >= 15 is 0 Å². The second kappa shape index (κ2) is 7.78. The van der Waals surface area contributed by atoms with E-state index in [1.165, 1.54) is 25.3 Å². The Morgan fingerprint density at radius 1 is 1.25 bits per heavy atom. The van der Waals surface area contributed by atoms with Crippen LogP contribution in [0.5, 0.6) is 11.5 Å². The Morgan fingerprint density at radius 2 is 2.00 bits per heavy atom. The highest BCUT2D eigenvalue weighted by atomic mass is 79.9. The number of nitrogens with zero attached hydrogens (tertiary/aromatic N) is 1. The van der Waals surface area contributed by atoms with Crippen LogP contribution >= 0.6 is 15.9 Å². The quantitative estimate of drug-likeness (QED) is 0.595. The van der Waals surface area contributed by atoms with Crippen LogP contribution in [0.2, 0.25) is 0 Å². The van der Waals surface area contributed by atoms with Gasteiger partial charge in [0.15, 0.2) is 6.61 Å². The summed E-state index contributed by atoms with van der Waals surface area (Å²) in [5.74, 6) is 0.408. The average molecular weight is 395 g/mol. The molecule has 0 fully saturated rings. The summed E-state index contributed by atoms with van der Waals surface area (Å²) in [4.78, 5) is 22.2. The van der Waals surface area contributed by atoms with Crippen molar-refractivity contribution in [1.82, 2.24) is 0 Å². The van der Waals surface area contributed by atoms with Gasteiger partial charge in [0.1, 0.15) is 11.5 Å². The summed E-state index contributed by atoms with van der Waals surface area (Å²) >= 11 is 3.36. The van der Waals surface area contributed by atoms with Gasteiger partial charge in [-0.05, 0) is 36.8 Å². The predicted molar refractivity (Wildman–Crippen MR) is 92.7 cm³/mol. The van der Waals surface area contributed by atoms with Crippen molar-refractivity contribution in [3.8, 4) is 11.5 Å². The molecule has 126 valence electrons. The number of hydrogen-bond donors (Lipinski definition) is 1. The fourth-order valence-electron chi connectivity index (χ4n) is 2.00. The fraction of sp³-hybridized carbons (Fsp3) is 0.188. The van der Waals surface area contributed by atoms with E-state index in [-0.39, 0.29) is 18.0 Å². The molecule has 7 nitrogen and oxygen atoms in total. The standard InChI is InChI=1S/C16H15BrN2O5/c1-10-7-11(17)3-6-14(10)24-9-16(20)18-13-5-4-12(19(21)22)8-15(13)23-2/h3-8H,9H2,1-2H3,(H,18,20). The first-order chi connectivity index (χ1) is 11.4. The lowest BCUT2D eigenvalue weighted by atomic mass is 10.2. The summed E-state index contributed by atoms with van der Waals surface area (Å²) in [6.07, 6.45) is 0. The van der Waals surface area contributed by atoms with Gasteiger partial charge in [-0.3, -0.25) is 14.9 Å². The van der Waals surface area contributed by atoms with Crippen LogP contribution < -0.4 is 14.8 Å². The molecule has 0 aliphatic carbocycles. The summed E-state index contributed by atoms with van der Waals surface area (Å²) in [6.45, 7) is 1.68. The number of carbonyl (C=O) groups is 1. The number of ether oxygens (including phenoxy) is 2. The smallest absolute Gasteiger partial charge is 0.273 e. The first-order valence-corrected chi connectivity index (χ1v) is 7.71. The molecule has 0 radical (unpaired) electrons. The van der Waals surface area contributed by atoms with Crippen molar-refractivity contribution in [3.63, 3.8) is 0 Å². The van der Waals surface area contributed by atoms with E-state index in [9.17, 15) is 14.9 Å². The Kier molecular flexibility index (Phi) is 5.75. The first kappa shape index (κ1) is 17.7. The molecule has 0 aromatic heterocycles. The van der Waals surface area contributed by atoms with Gasteiger partial charge in [-0.2, -0.15) is 0 Å². The number of rotatable bonds is 6. The van der Waals surface area contributed by atoms with Gasteiger partial charge in [0.2, 0.25) is 0 Å². The maximum absolute atomic E-state index is 12.0. The summed E-state index contributed by atoms with van der Waals surface area (Å²) in [6, 6.07) is 9.41. The molecule has 0 atom stereocenters. The molecule has 2 aromatic rings. The zero-order chi connectivity index (χ0) is 17.7. The third kappa shape index (κ3) is 4.45. The van der Waals surface area contributed by atoms with Crippen LogP contribution in [0.3, 0.4) is 0 Å². The van der Waals surface area contributed by atoms with Crippen LogP contribution in [0.4, 0.5) is 11.4 Å². The lowest BCUT2D eigenvalue weighted by molar-refractivity contribution is -0.384. The topological polar surface area (TPSA) is 90.7 Å². The minimum absolute atomic E-state index is 0.119. The highest BCUT2D eigenvalue weighted by Gasteiger charge is 2.14. The highest BCUT2D eigenvalue weighted by molar-refractivity contribution is 9.10. The van der Waals surface area contributed by atoms with E-state index in [1.54, 1.807) is 6.07 Å². The van der Waals surface area contributed by atoms with E-state index in [4.69, 9.17) is 9.47 Å². The summed E-state index contributed by atoms with van der Waals surface area (Å²) < 4.78 is 11.5. The number of nitrogens with one attached hydrogen (secondary N) is 1. The molecule has 0 saturated carbocycles. The molecule has 0 aliphatic rings. The normalized spacial score (nSPS) is 10.1. The molecule has 2 rings (SSSR count). The van der Waals surface area contributed by atoms with Crippen LogP contribution in [0.25, 0.3) is 0 Å². The van der Waals surface area contributed by atoms with Crippen molar-refractivity contribution in [2.45, 2.75) is 6.92 Å². The van der Waals surface area contributed by atoms with Crippen molar-refractivity contribution in [3.05, 3.63) is 56.5 Å². The Labute approximate surface area is 146 Å².